The van der Waals surface area contributed by atoms with E-state index in [9.17, 15) is 4.79 Å². The summed E-state index contributed by atoms with van der Waals surface area (Å²) in [7, 11) is 0. The minimum atomic E-state index is -0.174. The van der Waals surface area contributed by atoms with Crippen molar-refractivity contribution in [3.63, 3.8) is 0 Å². The Labute approximate surface area is 97.0 Å². The van der Waals surface area contributed by atoms with Gasteiger partial charge >= 0.3 is 0 Å². The number of amides is 1. The van der Waals surface area contributed by atoms with Crippen LogP contribution in [-0.4, -0.2) is 22.1 Å². The van der Waals surface area contributed by atoms with Crippen molar-refractivity contribution < 1.29 is 4.79 Å². The van der Waals surface area contributed by atoms with Crippen LogP contribution in [0.3, 0.4) is 0 Å². The zero-order chi connectivity index (χ0) is 10.8. The topological polar surface area (TPSA) is 54.9 Å². The summed E-state index contributed by atoms with van der Waals surface area (Å²) in [5.41, 5.74) is 0. The molecular formula is C9H12ClN3OS. The molecule has 0 bridgehead atoms. The van der Waals surface area contributed by atoms with E-state index in [1.165, 1.54) is 12.8 Å². The molecule has 1 heterocycles. The van der Waals surface area contributed by atoms with E-state index in [-0.39, 0.29) is 11.9 Å². The number of carbonyl (C=O) groups excluding carboxylic acids is 1. The Bertz CT molecular complexity index is 364. The standard InChI is InChI=1S/C9H12ClN3OS/c1-5(4-6-2-3-6)11-7(14)8-12-13-9(10)15-8/h5-6H,2-4H2,1H3,(H,11,14). The highest BCUT2D eigenvalue weighted by molar-refractivity contribution is 7.17. The Balaban J connectivity index is 1.85. The van der Waals surface area contributed by atoms with Crippen LogP contribution in [0.2, 0.25) is 4.47 Å². The van der Waals surface area contributed by atoms with Crippen LogP contribution < -0.4 is 5.32 Å². The second-order valence-corrected chi connectivity index (χ2v) is 5.47. The Kier molecular flexibility index (Phi) is 3.21. The lowest BCUT2D eigenvalue weighted by Gasteiger charge is -2.11. The quantitative estimate of drug-likeness (QED) is 0.884. The van der Waals surface area contributed by atoms with Gasteiger partial charge in [0.2, 0.25) is 9.47 Å². The summed E-state index contributed by atoms with van der Waals surface area (Å²) in [5, 5.41) is 10.5. The van der Waals surface area contributed by atoms with Crippen molar-refractivity contribution in [1.29, 1.82) is 0 Å². The van der Waals surface area contributed by atoms with Crippen molar-refractivity contribution in [3.8, 4) is 0 Å². The summed E-state index contributed by atoms with van der Waals surface area (Å²) in [6.45, 7) is 2.01. The molecule has 1 aliphatic rings. The van der Waals surface area contributed by atoms with E-state index in [0.29, 0.717) is 9.47 Å². The van der Waals surface area contributed by atoms with Gasteiger partial charge < -0.3 is 5.32 Å². The van der Waals surface area contributed by atoms with Gasteiger partial charge in [-0.05, 0) is 30.9 Å². The number of rotatable bonds is 4. The molecule has 0 aromatic carbocycles. The van der Waals surface area contributed by atoms with Gasteiger partial charge in [-0.2, -0.15) is 0 Å². The lowest BCUT2D eigenvalue weighted by molar-refractivity contribution is 0.0936. The molecule has 1 atom stereocenters. The minimum absolute atomic E-state index is 0.174. The molecule has 1 N–H and O–H groups in total. The van der Waals surface area contributed by atoms with Gasteiger partial charge in [0.15, 0.2) is 0 Å². The van der Waals surface area contributed by atoms with E-state index < -0.39 is 0 Å². The van der Waals surface area contributed by atoms with E-state index >= 15 is 0 Å². The van der Waals surface area contributed by atoms with E-state index in [1.807, 2.05) is 6.92 Å². The number of hydrogen-bond donors (Lipinski definition) is 1. The Morgan fingerprint density at radius 2 is 2.40 bits per heavy atom. The summed E-state index contributed by atoms with van der Waals surface area (Å²) in [5.74, 6) is 0.630. The first-order valence-corrected chi connectivity index (χ1v) is 6.14. The van der Waals surface area contributed by atoms with Crippen LogP contribution >= 0.6 is 22.9 Å². The summed E-state index contributed by atoms with van der Waals surface area (Å²) >= 11 is 6.70. The summed E-state index contributed by atoms with van der Waals surface area (Å²) < 4.78 is 0.301. The highest BCUT2D eigenvalue weighted by Crippen LogP contribution is 2.33. The molecule has 1 amide bonds. The molecule has 1 aromatic rings. The first-order valence-electron chi connectivity index (χ1n) is 4.95. The molecule has 15 heavy (non-hydrogen) atoms. The third kappa shape index (κ3) is 3.14. The maximum atomic E-state index is 11.6. The van der Waals surface area contributed by atoms with E-state index in [1.54, 1.807) is 0 Å². The van der Waals surface area contributed by atoms with E-state index in [2.05, 4.69) is 15.5 Å². The molecule has 0 radical (unpaired) electrons. The second kappa shape index (κ2) is 4.45. The number of nitrogens with zero attached hydrogens (tertiary/aromatic N) is 2. The monoisotopic (exact) mass is 245 g/mol. The third-order valence-corrected chi connectivity index (χ3v) is 3.37. The molecule has 1 aromatic heterocycles. The molecule has 0 spiro atoms. The maximum absolute atomic E-state index is 11.6. The number of halogens is 1. The van der Waals surface area contributed by atoms with Gasteiger partial charge in [0, 0.05) is 6.04 Å². The predicted octanol–water partition coefficient (Wildman–Crippen LogP) is 2.11. The van der Waals surface area contributed by atoms with Crippen molar-refractivity contribution in [1.82, 2.24) is 15.5 Å². The van der Waals surface area contributed by atoms with Crippen molar-refractivity contribution in [2.24, 2.45) is 5.92 Å². The average molecular weight is 246 g/mol. The van der Waals surface area contributed by atoms with Crippen LogP contribution in [-0.2, 0) is 0 Å². The van der Waals surface area contributed by atoms with Gasteiger partial charge in [0.1, 0.15) is 0 Å². The van der Waals surface area contributed by atoms with Gasteiger partial charge in [-0.25, -0.2) is 0 Å². The van der Waals surface area contributed by atoms with Gasteiger partial charge in [0.25, 0.3) is 5.91 Å². The highest BCUT2D eigenvalue weighted by atomic mass is 35.5. The third-order valence-electron chi connectivity index (χ3n) is 2.36. The zero-order valence-corrected chi connectivity index (χ0v) is 9.94. The number of aromatic nitrogens is 2. The van der Waals surface area contributed by atoms with E-state index in [0.717, 1.165) is 23.7 Å². The van der Waals surface area contributed by atoms with E-state index in [4.69, 9.17) is 11.6 Å². The Morgan fingerprint density at radius 3 is 2.93 bits per heavy atom. The number of carbonyl (C=O) groups is 1. The van der Waals surface area contributed by atoms with Crippen LogP contribution in [0.5, 0.6) is 0 Å². The molecule has 6 heteroatoms. The molecule has 1 aliphatic carbocycles. The van der Waals surface area contributed by atoms with Crippen molar-refractivity contribution in [2.45, 2.75) is 32.2 Å². The minimum Gasteiger partial charge on any atom is -0.347 e. The Hall–Kier alpha value is -0.680. The average Bonchev–Trinajstić information content (AvgIpc) is 2.85. The summed E-state index contributed by atoms with van der Waals surface area (Å²) in [6.07, 6.45) is 3.65. The fourth-order valence-electron chi connectivity index (χ4n) is 1.50. The SMILES string of the molecule is CC(CC1CC1)NC(=O)c1nnc(Cl)s1. The van der Waals surface area contributed by atoms with Crippen LogP contribution in [0, 0.1) is 5.92 Å². The smallest absolute Gasteiger partial charge is 0.282 e. The first-order chi connectivity index (χ1) is 7.15. The van der Waals surface area contributed by atoms with Crippen molar-refractivity contribution >= 4 is 28.8 Å². The largest absolute Gasteiger partial charge is 0.347 e. The summed E-state index contributed by atoms with van der Waals surface area (Å²) in [4.78, 5) is 11.6. The molecule has 0 saturated heterocycles. The fourth-order valence-corrected chi connectivity index (χ4v) is 2.23. The van der Waals surface area contributed by atoms with Crippen LogP contribution in [0.1, 0.15) is 36.0 Å². The predicted molar refractivity (Wildman–Crippen MR) is 59.2 cm³/mol. The van der Waals surface area contributed by atoms with Gasteiger partial charge in [-0.1, -0.05) is 24.2 Å². The normalized spacial score (nSPS) is 17.5. The molecule has 2 rings (SSSR count). The van der Waals surface area contributed by atoms with Crippen molar-refractivity contribution in [2.75, 3.05) is 0 Å². The second-order valence-electron chi connectivity index (χ2n) is 3.91. The van der Waals surface area contributed by atoms with Gasteiger partial charge in [-0.15, -0.1) is 10.2 Å². The van der Waals surface area contributed by atoms with Crippen LogP contribution in [0.4, 0.5) is 0 Å². The van der Waals surface area contributed by atoms with Crippen LogP contribution in [0.25, 0.3) is 0 Å². The number of nitrogens with one attached hydrogen (secondary N) is 1. The molecule has 82 valence electrons. The molecule has 1 fully saturated rings. The highest BCUT2D eigenvalue weighted by Gasteiger charge is 2.24. The van der Waals surface area contributed by atoms with Crippen molar-refractivity contribution in [3.05, 3.63) is 9.47 Å². The lowest BCUT2D eigenvalue weighted by atomic mass is 10.1. The van der Waals surface area contributed by atoms with Crippen LogP contribution in [0.15, 0.2) is 0 Å². The molecule has 1 unspecified atom stereocenters. The fraction of sp³-hybridized carbons (Fsp3) is 0.667. The Morgan fingerprint density at radius 1 is 1.67 bits per heavy atom. The summed E-state index contributed by atoms with van der Waals surface area (Å²) in [6, 6.07) is 0.202. The lowest BCUT2D eigenvalue weighted by Crippen LogP contribution is -2.32. The molecule has 1 saturated carbocycles. The maximum Gasteiger partial charge on any atom is 0.282 e. The number of hydrogen-bond acceptors (Lipinski definition) is 4. The van der Waals surface area contributed by atoms with Gasteiger partial charge in [0.05, 0.1) is 0 Å². The molecule has 0 aliphatic heterocycles. The zero-order valence-electron chi connectivity index (χ0n) is 8.36. The molecule has 4 nitrogen and oxygen atoms in total. The van der Waals surface area contributed by atoms with Gasteiger partial charge in [-0.3, -0.25) is 4.79 Å². The first kappa shape index (κ1) is 10.8. The molecular weight excluding hydrogens is 234 g/mol.